The van der Waals surface area contributed by atoms with Gasteiger partial charge < -0.3 is 10.1 Å². The summed E-state index contributed by atoms with van der Waals surface area (Å²) in [6, 6.07) is 1.97. The standard InChI is InChI=1S/C16H27N3O/c1-5-17-15-9-13(4)18-16(19-15)10-20-14-7-11(2)6-12(3)8-14/h9,11-12,14H,5-8,10H2,1-4H3,(H,17,18,19). The normalized spacial score (nSPS) is 26.5. The molecule has 2 rings (SSSR count). The van der Waals surface area contributed by atoms with Gasteiger partial charge in [-0.05, 0) is 44.9 Å². The van der Waals surface area contributed by atoms with Gasteiger partial charge in [0.25, 0.3) is 0 Å². The maximum absolute atomic E-state index is 6.05. The Balaban J connectivity index is 1.93. The molecule has 1 aliphatic carbocycles. The monoisotopic (exact) mass is 277 g/mol. The molecule has 1 aromatic heterocycles. The smallest absolute Gasteiger partial charge is 0.156 e. The zero-order chi connectivity index (χ0) is 14.5. The lowest BCUT2D eigenvalue weighted by Crippen LogP contribution is -2.26. The predicted octanol–water partition coefficient (Wildman–Crippen LogP) is 3.56. The molecule has 0 radical (unpaired) electrons. The van der Waals surface area contributed by atoms with E-state index in [-0.39, 0.29) is 0 Å². The highest BCUT2D eigenvalue weighted by Crippen LogP contribution is 2.30. The van der Waals surface area contributed by atoms with Crippen LogP contribution in [0.3, 0.4) is 0 Å². The zero-order valence-corrected chi connectivity index (χ0v) is 13.1. The van der Waals surface area contributed by atoms with Crippen LogP contribution in [-0.2, 0) is 11.3 Å². The lowest BCUT2D eigenvalue weighted by Gasteiger charge is -2.31. The van der Waals surface area contributed by atoms with E-state index in [1.165, 1.54) is 6.42 Å². The van der Waals surface area contributed by atoms with E-state index in [9.17, 15) is 0 Å². The van der Waals surface area contributed by atoms with E-state index in [0.29, 0.717) is 12.7 Å². The topological polar surface area (TPSA) is 47.0 Å². The summed E-state index contributed by atoms with van der Waals surface area (Å²) < 4.78 is 6.05. The number of ether oxygens (including phenoxy) is 1. The minimum Gasteiger partial charge on any atom is -0.370 e. The number of hydrogen-bond acceptors (Lipinski definition) is 4. The quantitative estimate of drug-likeness (QED) is 0.894. The molecule has 2 atom stereocenters. The van der Waals surface area contributed by atoms with Crippen LogP contribution in [0.15, 0.2) is 6.07 Å². The molecule has 4 heteroatoms. The summed E-state index contributed by atoms with van der Waals surface area (Å²) in [7, 11) is 0. The highest BCUT2D eigenvalue weighted by molar-refractivity contribution is 5.35. The first-order valence-electron chi connectivity index (χ1n) is 7.76. The first-order chi connectivity index (χ1) is 9.56. The van der Waals surface area contributed by atoms with E-state index in [1.54, 1.807) is 0 Å². The fourth-order valence-corrected chi connectivity index (χ4v) is 3.17. The predicted molar refractivity (Wildman–Crippen MR) is 81.7 cm³/mol. The molecule has 1 aliphatic rings. The molecule has 1 heterocycles. The number of aromatic nitrogens is 2. The molecule has 0 bridgehead atoms. The van der Waals surface area contributed by atoms with E-state index >= 15 is 0 Å². The second-order valence-corrected chi connectivity index (χ2v) is 6.19. The Bertz CT molecular complexity index is 426. The van der Waals surface area contributed by atoms with Crippen molar-refractivity contribution < 1.29 is 4.74 Å². The molecule has 0 aliphatic heterocycles. The van der Waals surface area contributed by atoms with Crippen LogP contribution in [0.1, 0.15) is 51.6 Å². The average Bonchev–Trinajstić information content (AvgIpc) is 2.35. The Kier molecular flexibility index (Phi) is 5.35. The Morgan fingerprint density at radius 3 is 2.55 bits per heavy atom. The second-order valence-electron chi connectivity index (χ2n) is 6.19. The fourth-order valence-electron chi connectivity index (χ4n) is 3.17. The SMILES string of the molecule is CCNc1cc(C)nc(COC2CC(C)CC(C)C2)n1. The van der Waals surface area contributed by atoms with Crippen molar-refractivity contribution in [3.8, 4) is 0 Å². The van der Waals surface area contributed by atoms with Crippen LogP contribution in [0.5, 0.6) is 0 Å². The van der Waals surface area contributed by atoms with Gasteiger partial charge in [-0.25, -0.2) is 9.97 Å². The number of aryl methyl sites for hydroxylation is 1. The van der Waals surface area contributed by atoms with E-state index in [2.05, 4.69) is 36.1 Å². The van der Waals surface area contributed by atoms with Crippen molar-refractivity contribution in [3.63, 3.8) is 0 Å². The highest BCUT2D eigenvalue weighted by Gasteiger charge is 2.24. The van der Waals surface area contributed by atoms with Crippen LogP contribution in [0.25, 0.3) is 0 Å². The molecule has 1 N–H and O–H groups in total. The van der Waals surface area contributed by atoms with Crippen LogP contribution < -0.4 is 5.32 Å². The van der Waals surface area contributed by atoms with Gasteiger partial charge in [0.1, 0.15) is 12.4 Å². The van der Waals surface area contributed by atoms with Crippen molar-refractivity contribution >= 4 is 5.82 Å². The summed E-state index contributed by atoms with van der Waals surface area (Å²) in [5, 5.41) is 3.23. The average molecular weight is 277 g/mol. The number of nitrogens with one attached hydrogen (secondary N) is 1. The van der Waals surface area contributed by atoms with Crippen LogP contribution in [0.4, 0.5) is 5.82 Å². The second kappa shape index (κ2) is 7.02. The molecule has 0 amide bonds. The van der Waals surface area contributed by atoms with Crippen molar-refractivity contribution in [3.05, 3.63) is 17.6 Å². The molecule has 1 aromatic rings. The number of rotatable bonds is 5. The van der Waals surface area contributed by atoms with Crippen LogP contribution in [-0.4, -0.2) is 22.6 Å². The van der Waals surface area contributed by atoms with Gasteiger partial charge in [0.05, 0.1) is 6.10 Å². The van der Waals surface area contributed by atoms with Crippen LogP contribution in [0.2, 0.25) is 0 Å². The van der Waals surface area contributed by atoms with E-state index in [0.717, 1.165) is 48.6 Å². The lowest BCUT2D eigenvalue weighted by molar-refractivity contribution is -0.0119. The van der Waals surface area contributed by atoms with Gasteiger partial charge >= 0.3 is 0 Å². The fraction of sp³-hybridized carbons (Fsp3) is 0.750. The highest BCUT2D eigenvalue weighted by atomic mass is 16.5. The number of hydrogen-bond donors (Lipinski definition) is 1. The molecule has 4 nitrogen and oxygen atoms in total. The minimum atomic E-state index is 0.362. The van der Waals surface area contributed by atoms with E-state index in [1.807, 2.05) is 13.0 Å². The maximum atomic E-state index is 6.05. The molecule has 2 unspecified atom stereocenters. The third kappa shape index (κ3) is 4.44. The largest absolute Gasteiger partial charge is 0.370 e. The van der Waals surface area contributed by atoms with Crippen molar-refractivity contribution in [1.29, 1.82) is 0 Å². The number of nitrogens with zero attached hydrogens (tertiary/aromatic N) is 2. The van der Waals surface area contributed by atoms with Crippen molar-refractivity contribution in [2.75, 3.05) is 11.9 Å². The third-order valence-electron chi connectivity index (χ3n) is 3.84. The van der Waals surface area contributed by atoms with Gasteiger partial charge in [0, 0.05) is 18.3 Å². The minimum absolute atomic E-state index is 0.362. The maximum Gasteiger partial charge on any atom is 0.156 e. The van der Waals surface area contributed by atoms with Crippen molar-refractivity contribution in [2.45, 2.75) is 59.7 Å². The summed E-state index contributed by atoms with van der Waals surface area (Å²) in [6.07, 6.45) is 4.01. The Hall–Kier alpha value is -1.16. The summed E-state index contributed by atoms with van der Waals surface area (Å²) in [4.78, 5) is 8.96. The molecule has 0 saturated heterocycles. The van der Waals surface area contributed by atoms with E-state index in [4.69, 9.17) is 4.74 Å². The van der Waals surface area contributed by atoms with Gasteiger partial charge in [-0.1, -0.05) is 13.8 Å². The summed E-state index contributed by atoms with van der Waals surface area (Å²) >= 11 is 0. The summed E-state index contributed by atoms with van der Waals surface area (Å²) in [5.41, 5.74) is 0.986. The molecule has 1 saturated carbocycles. The molecule has 20 heavy (non-hydrogen) atoms. The van der Waals surface area contributed by atoms with Gasteiger partial charge in [0.15, 0.2) is 5.82 Å². The van der Waals surface area contributed by atoms with Gasteiger partial charge in [-0.2, -0.15) is 0 Å². The first kappa shape index (κ1) is 15.2. The van der Waals surface area contributed by atoms with E-state index < -0.39 is 0 Å². The Labute approximate surface area is 122 Å². The number of anilines is 1. The molecule has 112 valence electrons. The zero-order valence-electron chi connectivity index (χ0n) is 13.1. The molecular formula is C16H27N3O. The molecular weight excluding hydrogens is 250 g/mol. The van der Waals surface area contributed by atoms with Crippen LogP contribution in [0, 0.1) is 18.8 Å². The van der Waals surface area contributed by atoms with Gasteiger partial charge in [0.2, 0.25) is 0 Å². The van der Waals surface area contributed by atoms with Gasteiger partial charge in [-0.15, -0.1) is 0 Å². The molecule has 0 aromatic carbocycles. The van der Waals surface area contributed by atoms with Crippen molar-refractivity contribution in [2.24, 2.45) is 11.8 Å². The Morgan fingerprint density at radius 2 is 1.90 bits per heavy atom. The first-order valence-corrected chi connectivity index (χ1v) is 7.76. The Morgan fingerprint density at radius 1 is 1.20 bits per heavy atom. The van der Waals surface area contributed by atoms with Crippen molar-refractivity contribution in [1.82, 2.24) is 9.97 Å². The summed E-state index contributed by atoms with van der Waals surface area (Å²) in [5.74, 6) is 3.20. The summed E-state index contributed by atoms with van der Waals surface area (Å²) in [6.45, 7) is 10.1. The lowest BCUT2D eigenvalue weighted by atomic mass is 9.82. The van der Waals surface area contributed by atoms with Crippen LogP contribution >= 0.6 is 0 Å². The molecule has 0 spiro atoms. The molecule has 1 fully saturated rings. The third-order valence-corrected chi connectivity index (χ3v) is 3.84. The van der Waals surface area contributed by atoms with Gasteiger partial charge in [-0.3, -0.25) is 0 Å².